The lowest BCUT2D eigenvalue weighted by atomic mass is 9.43. The first-order chi connectivity index (χ1) is 10.8. The van der Waals surface area contributed by atoms with E-state index in [1.807, 2.05) is 0 Å². The van der Waals surface area contributed by atoms with Crippen molar-refractivity contribution in [3.63, 3.8) is 0 Å². The van der Waals surface area contributed by atoms with E-state index in [1.165, 1.54) is 44.9 Å². The summed E-state index contributed by atoms with van der Waals surface area (Å²) in [6.45, 7) is 9.51. The Balaban J connectivity index is 1.85. The standard InChI is InChI=1S/C21H36O2/c1-14(2)15-7-9-17-16(13-15)8-10-18-20(17,3)11-6-12-21(18,4)19(22)23-5/h14-18H,6-13H2,1-5H3/t15-,16-,17-,18+,20+,21+/m0/s1. The summed E-state index contributed by atoms with van der Waals surface area (Å²) in [5.41, 5.74) is 0.105. The second-order valence-electron chi connectivity index (χ2n) is 9.58. The van der Waals surface area contributed by atoms with Crippen molar-refractivity contribution < 1.29 is 9.53 Å². The van der Waals surface area contributed by atoms with E-state index in [-0.39, 0.29) is 11.4 Å². The molecule has 0 spiro atoms. The molecule has 0 unspecified atom stereocenters. The Morgan fingerprint density at radius 3 is 2.48 bits per heavy atom. The van der Waals surface area contributed by atoms with Crippen LogP contribution in [0.1, 0.15) is 79.1 Å². The molecule has 0 aromatic rings. The highest BCUT2D eigenvalue weighted by Gasteiger charge is 2.59. The molecule has 2 nitrogen and oxygen atoms in total. The van der Waals surface area contributed by atoms with E-state index < -0.39 is 0 Å². The topological polar surface area (TPSA) is 26.3 Å². The van der Waals surface area contributed by atoms with E-state index in [1.54, 1.807) is 7.11 Å². The van der Waals surface area contributed by atoms with Gasteiger partial charge in [-0.1, -0.05) is 27.2 Å². The van der Waals surface area contributed by atoms with Crippen LogP contribution in [0.15, 0.2) is 0 Å². The first-order valence-corrected chi connectivity index (χ1v) is 9.91. The number of hydrogen-bond acceptors (Lipinski definition) is 2. The molecule has 0 aromatic carbocycles. The second-order valence-corrected chi connectivity index (χ2v) is 9.58. The maximum absolute atomic E-state index is 12.6. The van der Waals surface area contributed by atoms with Gasteiger partial charge in [0.2, 0.25) is 0 Å². The number of ether oxygens (including phenoxy) is 1. The van der Waals surface area contributed by atoms with Gasteiger partial charge in [0, 0.05) is 0 Å². The molecule has 3 saturated carbocycles. The molecule has 0 radical (unpaired) electrons. The van der Waals surface area contributed by atoms with E-state index >= 15 is 0 Å². The SMILES string of the molecule is COC(=O)[C@]1(C)CCC[C@@]2(C)[C@H]1CC[C@H]1C[C@@H](C(C)C)CC[C@@H]12. The summed E-state index contributed by atoms with van der Waals surface area (Å²) in [5, 5.41) is 0. The molecule has 3 aliphatic rings. The number of fused-ring (bicyclic) bond motifs is 3. The monoisotopic (exact) mass is 320 g/mol. The summed E-state index contributed by atoms with van der Waals surface area (Å²) < 4.78 is 5.23. The molecule has 3 aliphatic carbocycles. The van der Waals surface area contributed by atoms with Gasteiger partial charge in [-0.05, 0) is 86.9 Å². The van der Waals surface area contributed by atoms with E-state index in [9.17, 15) is 4.79 Å². The van der Waals surface area contributed by atoms with Crippen LogP contribution in [0.4, 0.5) is 0 Å². The second kappa shape index (κ2) is 6.08. The summed E-state index contributed by atoms with van der Waals surface area (Å²) in [6, 6.07) is 0. The van der Waals surface area contributed by atoms with E-state index in [0.717, 1.165) is 30.1 Å². The molecule has 3 rings (SSSR count). The molecule has 6 atom stereocenters. The maximum atomic E-state index is 12.6. The van der Waals surface area contributed by atoms with Crippen LogP contribution in [0.25, 0.3) is 0 Å². The minimum Gasteiger partial charge on any atom is -0.469 e. The molecule has 2 heteroatoms. The van der Waals surface area contributed by atoms with Crippen molar-refractivity contribution in [2.24, 2.45) is 40.4 Å². The number of hydrogen-bond donors (Lipinski definition) is 0. The zero-order valence-corrected chi connectivity index (χ0v) is 15.9. The normalized spacial score (nSPS) is 46.9. The van der Waals surface area contributed by atoms with Gasteiger partial charge >= 0.3 is 5.97 Å². The quantitative estimate of drug-likeness (QED) is 0.632. The third kappa shape index (κ3) is 2.65. The highest BCUT2D eigenvalue weighted by molar-refractivity contribution is 5.77. The number of esters is 1. The average molecular weight is 321 g/mol. The molecule has 0 aromatic heterocycles. The fraction of sp³-hybridized carbons (Fsp3) is 0.952. The Labute approximate surface area is 142 Å². The molecule has 23 heavy (non-hydrogen) atoms. The number of methoxy groups -OCH3 is 1. The van der Waals surface area contributed by atoms with Gasteiger partial charge in [0.1, 0.15) is 0 Å². The molecule has 0 saturated heterocycles. The van der Waals surface area contributed by atoms with Crippen LogP contribution in [-0.4, -0.2) is 13.1 Å². The Morgan fingerprint density at radius 1 is 1.09 bits per heavy atom. The predicted molar refractivity (Wildman–Crippen MR) is 94.0 cm³/mol. The van der Waals surface area contributed by atoms with Gasteiger partial charge in [-0.25, -0.2) is 0 Å². The highest BCUT2D eigenvalue weighted by atomic mass is 16.5. The van der Waals surface area contributed by atoms with Crippen LogP contribution >= 0.6 is 0 Å². The van der Waals surface area contributed by atoms with E-state index in [0.29, 0.717) is 11.3 Å². The maximum Gasteiger partial charge on any atom is 0.311 e. The van der Waals surface area contributed by atoms with Crippen LogP contribution < -0.4 is 0 Å². The highest BCUT2D eigenvalue weighted by Crippen LogP contribution is 2.64. The molecule has 0 N–H and O–H groups in total. The van der Waals surface area contributed by atoms with Crippen LogP contribution in [0, 0.1) is 40.4 Å². The zero-order valence-electron chi connectivity index (χ0n) is 15.9. The fourth-order valence-corrected chi connectivity index (χ4v) is 6.96. The smallest absolute Gasteiger partial charge is 0.311 e. The Hall–Kier alpha value is -0.530. The molecule has 0 bridgehead atoms. The first kappa shape index (κ1) is 17.3. The van der Waals surface area contributed by atoms with Gasteiger partial charge in [-0.15, -0.1) is 0 Å². The third-order valence-corrected chi connectivity index (χ3v) is 8.27. The number of carbonyl (C=O) groups is 1. The molecular formula is C21H36O2. The zero-order chi connectivity index (χ0) is 16.8. The van der Waals surface area contributed by atoms with Crippen molar-refractivity contribution in [3.05, 3.63) is 0 Å². The van der Waals surface area contributed by atoms with E-state index in [4.69, 9.17) is 4.74 Å². The Bertz CT molecular complexity index is 457. The van der Waals surface area contributed by atoms with Crippen molar-refractivity contribution in [1.29, 1.82) is 0 Å². The molecule has 132 valence electrons. The van der Waals surface area contributed by atoms with Crippen molar-refractivity contribution in [1.82, 2.24) is 0 Å². The van der Waals surface area contributed by atoms with Gasteiger partial charge in [0.15, 0.2) is 0 Å². The van der Waals surface area contributed by atoms with Crippen molar-refractivity contribution >= 4 is 5.97 Å². The van der Waals surface area contributed by atoms with Gasteiger partial charge in [0.05, 0.1) is 12.5 Å². The third-order valence-electron chi connectivity index (χ3n) is 8.27. The Kier molecular flexibility index (Phi) is 4.57. The lowest BCUT2D eigenvalue weighted by Crippen LogP contribution is -2.56. The number of carbonyl (C=O) groups excluding carboxylic acids is 1. The van der Waals surface area contributed by atoms with Gasteiger partial charge in [0.25, 0.3) is 0 Å². The van der Waals surface area contributed by atoms with Gasteiger partial charge < -0.3 is 4.74 Å². The summed E-state index contributed by atoms with van der Waals surface area (Å²) in [4.78, 5) is 12.6. The molecule has 0 heterocycles. The van der Waals surface area contributed by atoms with Crippen LogP contribution in [0.5, 0.6) is 0 Å². The van der Waals surface area contributed by atoms with Crippen LogP contribution in [0.3, 0.4) is 0 Å². The van der Waals surface area contributed by atoms with Gasteiger partial charge in [-0.2, -0.15) is 0 Å². The summed E-state index contributed by atoms with van der Waals surface area (Å²) in [6.07, 6.45) is 10.3. The summed E-state index contributed by atoms with van der Waals surface area (Å²) in [7, 11) is 1.57. The minimum absolute atomic E-state index is 0.0442. The molecule has 0 amide bonds. The fourth-order valence-electron chi connectivity index (χ4n) is 6.96. The van der Waals surface area contributed by atoms with Crippen molar-refractivity contribution in [2.45, 2.75) is 79.1 Å². The Morgan fingerprint density at radius 2 is 1.83 bits per heavy atom. The molecule has 0 aliphatic heterocycles. The summed E-state index contributed by atoms with van der Waals surface area (Å²) >= 11 is 0. The summed E-state index contributed by atoms with van der Waals surface area (Å²) in [5.74, 6) is 4.05. The van der Waals surface area contributed by atoms with Gasteiger partial charge in [-0.3, -0.25) is 4.79 Å². The lowest BCUT2D eigenvalue weighted by molar-refractivity contribution is -0.176. The van der Waals surface area contributed by atoms with Crippen LogP contribution in [-0.2, 0) is 9.53 Å². The predicted octanol–water partition coefficient (Wildman–Crippen LogP) is 5.45. The first-order valence-electron chi connectivity index (χ1n) is 9.91. The minimum atomic E-state index is -0.248. The van der Waals surface area contributed by atoms with E-state index in [2.05, 4.69) is 27.7 Å². The molecular weight excluding hydrogens is 284 g/mol. The van der Waals surface area contributed by atoms with Crippen molar-refractivity contribution in [2.75, 3.05) is 7.11 Å². The lowest BCUT2D eigenvalue weighted by Gasteiger charge is -2.61. The van der Waals surface area contributed by atoms with Crippen LogP contribution in [0.2, 0.25) is 0 Å². The molecule has 3 fully saturated rings. The average Bonchev–Trinajstić information content (AvgIpc) is 2.53. The number of rotatable bonds is 2. The van der Waals surface area contributed by atoms with Crippen molar-refractivity contribution in [3.8, 4) is 0 Å². The largest absolute Gasteiger partial charge is 0.469 e.